The van der Waals surface area contributed by atoms with Crippen molar-refractivity contribution < 1.29 is 14.6 Å². The molecule has 3 rings (SSSR count). The fraction of sp³-hybridized carbons (Fsp3) is 0.552. The Kier molecular flexibility index (Phi) is 9.40. The molecule has 196 valence electrons. The predicted octanol–water partition coefficient (Wildman–Crippen LogP) is 7.92. The zero-order valence-corrected chi connectivity index (χ0v) is 23.2. The summed E-state index contributed by atoms with van der Waals surface area (Å²) in [6.45, 7) is 13.1. The van der Waals surface area contributed by atoms with Gasteiger partial charge in [-0.25, -0.2) is 0 Å². The first-order valence-electron chi connectivity index (χ1n) is 13.1. The van der Waals surface area contributed by atoms with Crippen molar-refractivity contribution in [3.8, 4) is 16.9 Å². The number of carbonyl (C=O) groups excluding carboxylic acids is 1. The Morgan fingerprint density at radius 3 is 2.61 bits per heavy atom. The summed E-state index contributed by atoms with van der Waals surface area (Å²) < 4.78 is 5.61. The number of hydrogen-bond donors (Lipinski definition) is 2. The molecule has 0 amide bonds. The number of benzene rings is 2. The fourth-order valence-corrected chi connectivity index (χ4v) is 4.79. The predicted molar refractivity (Wildman–Crippen MR) is 147 cm³/mol. The lowest BCUT2D eigenvalue weighted by molar-refractivity contribution is -0.145. The van der Waals surface area contributed by atoms with E-state index in [1.54, 1.807) is 6.07 Å². The molecule has 1 heterocycles. The minimum atomic E-state index is -0.300. The van der Waals surface area contributed by atoms with Gasteiger partial charge in [-0.3, -0.25) is 9.89 Å². The van der Waals surface area contributed by atoms with Crippen LogP contribution in [0.5, 0.6) is 5.75 Å². The number of aromatic nitrogens is 3. The minimum absolute atomic E-state index is 0.0790. The highest BCUT2D eigenvalue weighted by molar-refractivity contribution is 6.35. The number of rotatable bonds is 11. The molecule has 0 bridgehead atoms. The Balaban J connectivity index is 1.85. The zero-order valence-electron chi connectivity index (χ0n) is 22.4. The Labute approximate surface area is 219 Å². The van der Waals surface area contributed by atoms with Crippen LogP contribution in [-0.2, 0) is 14.9 Å². The second kappa shape index (κ2) is 12.1. The number of phenols is 1. The van der Waals surface area contributed by atoms with Gasteiger partial charge in [0.05, 0.1) is 17.1 Å². The molecule has 2 atom stereocenters. The number of aromatic hydroxyl groups is 1. The van der Waals surface area contributed by atoms with E-state index >= 15 is 0 Å². The van der Waals surface area contributed by atoms with Crippen LogP contribution >= 0.6 is 11.6 Å². The van der Waals surface area contributed by atoms with Gasteiger partial charge in [-0.05, 0) is 53.9 Å². The first kappa shape index (κ1) is 28.0. The van der Waals surface area contributed by atoms with E-state index in [1.807, 2.05) is 18.2 Å². The van der Waals surface area contributed by atoms with Gasteiger partial charge >= 0.3 is 5.97 Å². The van der Waals surface area contributed by atoms with Crippen LogP contribution in [0.2, 0.25) is 5.02 Å². The number of H-pyrrole nitrogens is 1. The van der Waals surface area contributed by atoms with E-state index in [9.17, 15) is 9.90 Å². The molecule has 2 N–H and O–H groups in total. The summed E-state index contributed by atoms with van der Waals surface area (Å²) in [7, 11) is 0. The molecular formula is C29H40ClN3O3. The van der Waals surface area contributed by atoms with Crippen LogP contribution in [0.25, 0.3) is 22.2 Å². The van der Waals surface area contributed by atoms with Crippen LogP contribution < -0.4 is 0 Å². The molecule has 0 aliphatic rings. The number of aromatic amines is 1. The van der Waals surface area contributed by atoms with Gasteiger partial charge in [0.1, 0.15) is 11.3 Å². The maximum Gasteiger partial charge on any atom is 0.305 e. The second-order valence-electron chi connectivity index (χ2n) is 10.9. The Morgan fingerprint density at radius 1 is 1.19 bits per heavy atom. The van der Waals surface area contributed by atoms with Crippen LogP contribution in [0.4, 0.5) is 0 Å². The number of hydrogen-bond acceptors (Lipinski definition) is 5. The van der Waals surface area contributed by atoms with Gasteiger partial charge in [0.2, 0.25) is 0 Å². The maximum atomic E-state index is 12.5. The number of halogens is 1. The quantitative estimate of drug-likeness (QED) is 0.254. The highest BCUT2D eigenvalue weighted by atomic mass is 35.5. The average molecular weight is 514 g/mol. The van der Waals surface area contributed by atoms with Crippen molar-refractivity contribution in [2.24, 2.45) is 5.92 Å². The third-order valence-electron chi connectivity index (χ3n) is 7.03. The molecule has 3 aromatic rings. The van der Waals surface area contributed by atoms with E-state index in [0.717, 1.165) is 35.9 Å². The van der Waals surface area contributed by atoms with Crippen molar-refractivity contribution in [3.63, 3.8) is 0 Å². The molecule has 0 fully saturated rings. The van der Waals surface area contributed by atoms with Gasteiger partial charge in [0, 0.05) is 23.1 Å². The molecule has 0 saturated heterocycles. The van der Waals surface area contributed by atoms with Crippen molar-refractivity contribution >= 4 is 28.6 Å². The molecule has 0 aliphatic heterocycles. The zero-order chi connectivity index (χ0) is 26.5. The molecule has 36 heavy (non-hydrogen) atoms. The molecule has 2 aromatic carbocycles. The largest absolute Gasteiger partial charge is 0.507 e. The summed E-state index contributed by atoms with van der Waals surface area (Å²) in [5.74, 6) is 0.551. The molecule has 0 saturated carbocycles. The lowest BCUT2D eigenvalue weighted by atomic mass is 9.81. The fourth-order valence-electron chi connectivity index (χ4n) is 4.53. The number of esters is 1. The van der Waals surface area contributed by atoms with Crippen molar-refractivity contribution in [1.82, 2.24) is 15.4 Å². The van der Waals surface area contributed by atoms with Gasteiger partial charge in [-0.2, -0.15) is 0 Å². The van der Waals surface area contributed by atoms with Crippen LogP contribution in [0, 0.1) is 5.92 Å². The maximum absolute atomic E-state index is 12.5. The summed E-state index contributed by atoms with van der Waals surface area (Å²) in [6.07, 6.45) is 5.45. The third kappa shape index (κ3) is 6.58. The molecule has 0 spiro atoms. The van der Waals surface area contributed by atoms with Gasteiger partial charge < -0.3 is 9.84 Å². The highest BCUT2D eigenvalue weighted by Gasteiger charge is 2.26. The molecule has 0 radical (unpaired) electrons. The molecule has 7 heteroatoms. The van der Waals surface area contributed by atoms with Crippen LogP contribution in [0.15, 0.2) is 24.3 Å². The van der Waals surface area contributed by atoms with Crippen LogP contribution in [-0.4, -0.2) is 33.1 Å². The topological polar surface area (TPSA) is 88.1 Å². The summed E-state index contributed by atoms with van der Waals surface area (Å²) in [5, 5.41) is 22.8. The van der Waals surface area contributed by atoms with E-state index in [-0.39, 0.29) is 23.1 Å². The van der Waals surface area contributed by atoms with Gasteiger partial charge in [-0.1, -0.05) is 83.7 Å². The van der Waals surface area contributed by atoms with E-state index in [0.29, 0.717) is 47.0 Å². The van der Waals surface area contributed by atoms with Crippen molar-refractivity contribution in [1.29, 1.82) is 0 Å². The first-order chi connectivity index (χ1) is 17.1. The van der Waals surface area contributed by atoms with Crippen LogP contribution in [0.3, 0.4) is 0 Å². The highest BCUT2D eigenvalue weighted by Crippen LogP contribution is 2.45. The normalized spacial score (nSPS) is 13.6. The second-order valence-corrected chi connectivity index (χ2v) is 11.3. The summed E-state index contributed by atoms with van der Waals surface area (Å²) in [5.41, 5.74) is 4.19. The Morgan fingerprint density at radius 2 is 1.94 bits per heavy atom. The van der Waals surface area contributed by atoms with Crippen LogP contribution in [0.1, 0.15) is 97.1 Å². The smallest absolute Gasteiger partial charge is 0.305 e. The lowest BCUT2D eigenvalue weighted by Crippen LogP contribution is -2.15. The minimum Gasteiger partial charge on any atom is -0.507 e. The summed E-state index contributed by atoms with van der Waals surface area (Å²) in [4.78, 5) is 12.5. The summed E-state index contributed by atoms with van der Waals surface area (Å²) in [6, 6.07) is 7.62. The number of unbranched alkanes of at least 4 members (excludes halogenated alkanes) is 1. The Bertz CT molecular complexity index is 1180. The first-order valence-corrected chi connectivity index (χ1v) is 13.5. The molecule has 0 aliphatic carbocycles. The number of nitrogens with one attached hydrogen (secondary N) is 1. The monoisotopic (exact) mass is 513 g/mol. The standard InChI is InChI=1S/C29H40ClN3O3/c1-7-9-10-19(8-2)17-36-25(34)14-11-18(3)20-15-21(28(35)22(16-20)29(4,5)6)26-23(30)12-13-24-27(26)32-33-31-24/h12-13,15-16,18-19,35H,7-11,14,17H2,1-6H3,(H,31,32,33). The molecule has 2 unspecified atom stereocenters. The molecular weight excluding hydrogens is 474 g/mol. The van der Waals surface area contributed by atoms with E-state index in [1.165, 1.54) is 6.42 Å². The van der Waals surface area contributed by atoms with Crippen molar-refractivity contribution in [2.75, 3.05) is 6.61 Å². The average Bonchev–Trinajstić information content (AvgIpc) is 3.31. The van der Waals surface area contributed by atoms with E-state index in [4.69, 9.17) is 16.3 Å². The van der Waals surface area contributed by atoms with E-state index in [2.05, 4.69) is 57.0 Å². The van der Waals surface area contributed by atoms with Crippen molar-refractivity contribution in [3.05, 3.63) is 40.4 Å². The molecule has 6 nitrogen and oxygen atoms in total. The van der Waals surface area contributed by atoms with E-state index < -0.39 is 0 Å². The molecule has 1 aromatic heterocycles. The number of phenolic OH excluding ortho intramolecular Hbond substituents is 1. The number of fused-ring (bicyclic) bond motifs is 1. The Hall–Kier alpha value is -2.60. The SMILES string of the molecule is CCCCC(CC)COC(=O)CCC(C)c1cc(-c2c(Cl)ccc3[nH]nnc23)c(O)c(C(C)(C)C)c1. The van der Waals surface area contributed by atoms with Crippen molar-refractivity contribution in [2.45, 2.75) is 91.4 Å². The number of nitrogens with zero attached hydrogens (tertiary/aromatic N) is 2. The number of carbonyl (C=O) groups is 1. The van der Waals surface area contributed by atoms with Gasteiger partial charge in [0.15, 0.2) is 0 Å². The lowest BCUT2D eigenvalue weighted by Gasteiger charge is -2.25. The third-order valence-corrected chi connectivity index (χ3v) is 7.35. The van der Waals surface area contributed by atoms with Gasteiger partial charge in [0.25, 0.3) is 0 Å². The summed E-state index contributed by atoms with van der Waals surface area (Å²) >= 11 is 6.62. The number of ether oxygens (including phenoxy) is 1. The van der Waals surface area contributed by atoms with Gasteiger partial charge in [-0.15, -0.1) is 5.10 Å².